The maximum atomic E-state index is 12.6. The molecule has 1 N–H and O–H groups in total. The summed E-state index contributed by atoms with van der Waals surface area (Å²) < 4.78 is 5.16. The van der Waals surface area contributed by atoms with Gasteiger partial charge in [0.1, 0.15) is 6.54 Å². The fourth-order valence-electron chi connectivity index (χ4n) is 2.58. The van der Waals surface area contributed by atoms with Crippen LogP contribution in [0.2, 0.25) is 0 Å². The van der Waals surface area contributed by atoms with Crippen molar-refractivity contribution in [2.24, 2.45) is 5.41 Å². The van der Waals surface area contributed by atoms with Crippen molar-refractivity contribution in [3.05, 3.63) is 47.6 Å². The Morgan fingerprint density at radius 3 is 2.52 bits per heavy atom. The van der Waals surface area contributed by atoms with Gasteiger partial charge in [0, 0.05) is 13.5 Å². The van der Waals surface area contributed by atoms with Gasteiger partial charge < -0.3 is 14.7 Å². The molecule has 0 saturated heterocycles. The van der Waals surface area contributed by atoms with E-state index < -0.39 is 0 Å². The molecule has 1 unspecified atom stereocenters. The second-order valence-corrected chi connectivity index (χ2v) is 7.49. The van der Waals surface area contributed by atoms with E-state index in [0.29, 0.717) is 18.1 Å². The third-order valence-corrected chi connectivity index (χ3v) is 3.86. The van der Waals surface area contributed by atoms with Gasteiger partial charge in [0.05, 0.1) is 6.04 Å². The van der Waals surface area contributed by atoms with Gasteiger partial charge >= 0.3 is 6.03 Å². The average Bonchev–Trinajstić information content (AvgIpc) is 3.01. The Morgan fingerprint density at radius 2 is 1.96 bits per heavy atom. The minimum atomic E-state index is -0.158. The lowest BCUT2D eigenvalue weighted by atomic mass is 9.85. The van der Waals surface area contributed by atoms with Crippen LogP contribution >= 0.6 is 0 Å². The van der Waals surface area contributed by atoms with E-state index in [2.05, 4.69) is 36.2 Å². The molecule has 2 aromatic rings. The summed E-state index contributed by atoms with van der Waals surface area (Å²) in [6.07, 6.45) is 1.55. The summed E-state index contributed by atoms with van der Waals surface area (Å²) in [6, 6.07) is 9.84. The smallest absolute Gasteiger partial charge is 0.318 e. The van der Waals surface area contributed by atoms with E-state index in [4.69, 9.17) is 4.52 Å². The Morgan fingerprint density at radius 1 is 1.28 bits per heavy atom. The maximum absolute atomic E-state index is 12.6. The summed E-state index contributed by atoms with van der Waals surface area (Å²) in [5, 5.41) is 6.99. The fraction of sp³-hybridized carbons (Fsp3) is 0.526. The Bertz CT molecular complexity index is 676. The fourth-order valence-corrected chi connectivity index (χ4v) is 2.58. The van der Waals surface area contributed by atoms with Gasteiger partial charge in [-0.05, 0) is 17.4 Å². The number of aryl methyl sites for hydroxylation is 1. The van der Waals surface area contributed by atoms with Crippen LogP contribution in [-0.4, -0.2) is 28.1 Å². The number of rotatable bonds is 6. The zero-order chi connectivity index (χ0) is 18.4. The molecule has 0 saturated carbocycles. The predicted octanol–water partition coefficient (Wildman–Crippen LogP) is 3.95. The van der Waals surface area contributed by atoms with Gasteiger partial charge in [0.15, 0.2) is 5.82 Å². The number of nitrogens with zero attached hydrogens (tertiary/aromatic N) is 3. The first-order chi connectivity index (χ1) is 11.8. The monoisotopic (exact) mass is 344 g/mol. The van der Waals surface area contributed by atoms with E-state index in [9.17, 15) is 4.79 Å². The van der Waals surface area contributed by atoms with E-state index in [0.717, 1.165) is 12.0 Å². The van der Waals surface area contributed by atoms with Gasteiger partial charge in [0.25, 0.3) is 0 Å². The van der Waals surface area contributed by atoms with Crippen molar-refractivity contribution in [3.8, 4) is 0 Å². The molecule has 0 fully saturated rings. The minimum absolute atomic E-state index is 0.0509. The summed E-state index contributed by atoms with van der Waals surface area (Å²) in [7, 11) is 1.73. The molecule has 136 valence electrons. The first-order valence-corrected chi connectivity index (χ1v) is 8.66. The van der Waals surface area contributed by atoms with E-state index >= 15 is 0 Å². The molecule has 0 spiro atoms. The van der Waals surface area contributed by atoms with Crippen molar-refractivity contribution < 1.29 is 9.32 Å². The number of carbonyl (C=O) groups excluding carboxylic acids is 1. The van der Waals surface area contributed by atoms with Gasteiger partial charge in [-0.25, -0.2) is 4.79 Å². The van der Waals surface area contributed by atoms with Crippen LogP contribution in [0, 0.1) is 5.41 Å². The molecule has 0 aliphatic carbocycles. The van der Waals surface area contributed by atoms with Crippen LogP contribution in [0.3, 0.4) is 0 Å². The number of hydrogen-bond donors (Lipinski definition) is 1. The highest BCUT2D eigenvalue weighted by Crippen LogP contribution is 2.29. The second kappa shape index (κ2) is 8.14. The molecule has 0 aliphatic heterocycles. The van der Waals surface area contributed by atoms with Gasteiger partial charge in [-0.1, -0.05) is 63.2 Å². The molecule has 6 heteroatoms. The standard InChI is InChI=1S/C19H28N4O2/c1-6-16-21-17(25-22-16)13-23(5)18(24)20-15(12-19(2,3)4)14-10-8-7-9-11-14/h7-11,15H,6,12-13H2,1-5H3,(H,20,24). The topological polar surface area (TPSA) is 71.3 Å². The van der Waals surface area contributed by atoms with Crippen molar-refractivity contribution in [1.82, 2.24) is 20.4 Å². The molecule has 0 radical (unpaired) electrons. The highest BCUT2D eigenvalue weighted by atomic mass is 16.5. The number of nitrogens with one attached hydrogen (secondary N) is 1. The molecule has 1 atom stereocenters. The number of urea groups is 1. The van der Waals surface area contributed by atoms with Gasteiger partial charge in [-0.2, -0.15) is 4.98 Å². The lowest BCUT2D eigenvalue weighted by Crippen LogP contribution is -2.40. The summed E-state index contributed by atoms with van der Waals surface area (Å²) >= 11 is 0. The lowest BCUT2D eigenvalue weighted by molar-refractivity contribution is 0.190. The summed E-state index contributed by atoms with van der Waals surface area (Å²) in [4.78, 5) is 18.4. The summed E-state index contributed by atoms with van der Waals surface area (Å²) in [5.74, 6) is 1.10. The molecule has 2 rings (SSSR count). The summed E-state index contributed by atoms with van der Waals surface area (Å²) in [5.41, 5.74) is 1.19. The van der Waals surface area contributed by atoms with Crippen LogP contribution in [0.5, 0.6) is 0 Å². The highest BCUT2D eigenvalue weighted by molar-refractivity contribution is 5.74. The first-order valence-electron chi connectivity index (χ1n) is 8.66. The molecular weight excluding hydrogens is 316 g/mol. The van der Waals surface area contributed by atoms with E-state index in [1.807, 2.05) is 37.3 Å². The zero-order valence-electron chi connectivity index (χ0n) is 15.7. The third-order valence-electron chi connectivity index (χ3n) is 3.86. The Kier molecular flexibility index (Phi) is 6.17. The van der Waals surface area contributed by atoms with Crippen LogP contribution in [0.1, 0.15) is 57.4 Å². The van der Waals surface area contributed by atoms with Crippen LogP contribution in [0.25, 0.3) is 0 Å². The van der Waals surface area contributed by atoms with Crippen molar-refractivity contribution in [1.29, 1.82) is 0 Å². The first kappa shape index (κ1) is 19.0. The molecule has 1 heterocycles. The van der Waals surface area contributed by atoms with Crippen molar-refractivity contribution >= 4 is 6.03 Å². The zero-order valence-corrected chi connectivity index (χ0v) is 15.7. The van der Waals surface area contributed by atoms with Crippen LogP contribution in [-0.2, 0) is 13.0 Å². The molecule has 25 heavy (non-hydrogen) atoms. The highest BCUT2D eigenvalue weighted by Gasteiger charge is 2.23. The van der Waals surface area contributed by atoms with Crippen molar-refractivity contribution in [2.75, 3.05) is 7.05 Å². The molecule has 0 bridgehead atoms. The normalized spacial score (nSPS) is 12.7. The van der Waals surface area contributed by atoms with Crippen molar-refractivity contribution in [2.45, 2.75) is 53.1 Å². The predicted molar refractivity (Wildman–Crippen MR) is 96.9 cm³/mol. The number of carbonyl (C=O) groups is 1. The van der Waals surface area contributed by atoms with Crippen LogP contribution in [0.4, 0.5) is 4.79 Å². The quantitative estimate of drug-likeness (QED) is 0.861. The van der Waals surface area contributed by atoms with E-state index in [1.54, 1.807) is 11.9 Å². The molecule has 2 amide bonds. The lowest BCUT2D eigenvalue weighted by Gasteiger charge is -2.29. The Balaban J connectivity index is 2.05. The maximum Gasteiger partial charge on any atom is 0.318 e. The third kappa shape index (κ3) is 5.89. The number of hydrogen-bond acceptors (Lipinski definition) is 4. The van der Waals surface area contributed by atoms with Gasteiger partial charge in [-0.3, -0.25) is 0 Å². The van der Waals surface area contributed by atoms with E-state index in [-0.39, 0.29) is 24.0 Å². The van der Waals surface area contributed by atoms with Crippen molar-refractivity contribution in [3.63, 3.8) is 0 Å². The molecular formula is C19H28N4O2. The Hall–Kier alpha value is -2.37. The second-order valence-electron chi connectivity index (χ2n) is 7.49. The number of benzene rings is 1. The number of aromatic nitrogens is 2. The summed E-state index contributed by atoms with van der Waals surface area (Å²) in [6.45, 7) is 8.76. The van der Waals surface area contributed by atoms with Gasteiger partial charge in [0.2, 0.25) is 5.89 Å². The Labute approximate surface area is 149 Å². The minimum Gasteiger partial charge on any atom is -0.337 e. The van der Waals surface area contributed by atoms with E-state index in [1.165, 1.54) is 0 Å². The number of amides is 2. The van der Waals surface area contributed by atoms with Crippen LogP contribution in [0.15, 0.2) is 34.9 Å². The van der Waals surface area contributed by atoms with Crippen LogP contribution < -0.4 is 5.32 Å². The van der Waals surface area contributed by atoms with Gasteiger partial charge in [-0.15, -0.1) is 0 Å². The average molecular weight is 344 g/mol. The molecule has 1 aromatic carbocycles. The molecule has 6 nitrogen and oxygen atoms in total. The molecule has 0 aliphatic rings. The molecule has 1 aromatic heterocycles. The largest absolute Gasteiger partial charge is 0.337 e. The SMILES string of the molecule is CCc1noc(CN(C)C(=O)NC(CC(C)(C)C)c2ccccc2)n1.